The summed E-state index contributed by atoms with van der Waals surface area (Å²) in [5, 5.41) is 3.14. The van der Waals surface area contributed by atoms with Crippen LogP contribution < -0.4 is 0 Å². The quantitative estimate of drug-likeness (QED) is 0.680. The maximum atomic E-state index is 5.11. The molecule has 0 spiro atoms. The summed E-state index contributed by atoms with van der Waals surface area (Å²) in [5.74, 6) is 0. The molecule has 0 saturated heterocycles. The summed E-state index contributed by atoms with van der Waals surface area (Å²) in [4.78, 5) is 4.71. The summed E-state index contributed by atoms with van der Waals surface area (Å²) in [7, 11) is 0. The molecule has 1 aliphatic carbocycles. The molecule has 0 unspecified atom stereocenters. The Labute approximate surface area is 115 Å². The average molecular weight is 267 g/mol. The van der Waals surface area contributed by atoms with Gasteiger partial charge >= 0.3 is 0 Å². The van der Waals surface area contributed by atoms with Crippen LogP contribution in [0.2, 0.25) is 0 Å². The van der Waals surface area contributed by atoms with Crippen LogP contribution in [0.4, 0.5) is 0 Å². The van der Waals surface area contributed by atoms with Gasteiger partial charge in [0, 0.05) is 16.5 Å². The number of aryl methyl sites for hydroxylation is 2. The molecule has 19 heavy (non-hydrogen) atoms. The second-order valence-corrected chi connectivity index (χ2v) is 5.75. The maximum Gasteiger partial charge on any atom is 0.127 e. The smallest absolute Gasteiger partial charge is 0.127 e. The summed E-state index contributed by atoms with van der Waals surface area (Å²) < 4.78 is 5.11. The van der Waals surface area contributed by atoms with E-state index in [2.05, 4.69) is 23.6 Å². The number of hydrogen-bond acceptors (Lipinski definition) is 3. The van der Waals surface area contributed by atoms with Crippen molar-refractivity contribution >= 4 is 11.3 Å². The van der Waals surface area contributed by atoms with Crippen molar-refractivity contribution in [2.75, 3.05) is 0 Å². The topological polar surface area (TPSA) is 26.0 Å². The summed E-state index contributed by atoms with van der Waals surface area (Å²) in [6.07, 6.45) is 7.15. The minimum Gasteiger partial charge on any atom is -0.472 e. The highest BCUT2D eigenvalue weighted by atomic mass is 32.1. The van der Waals surface area contributed by atoms with Gasteiger partial charge in [0.2, 0.25) is 0 Å². The van der Waals surface area contributed by atoms with Crippen LogP contribution in [-0.2, 0) is 12.8 Å². The Morgan fingerprint density at radius 1 is 1.05 bits per heavy atom. The van der Waals surface area contributed by atoms with Gasteiger partial charge in [0.05, 0.1) is 12.0 Å². The van der Waals surface area contributed by atoms with Crippen molar-refractivity contribution in [2.45, 2.75) is 19.3 Å². The minimum absolute atomic E-state index is 1.02. The fourth-order valence-corrected chi connectivity index (χ4v) is 3.47. The van der Waals surface area contributed by atoms with Crippen molar-refractivity contribution in [3.05, 3.63) is 53.3 Å². The van der Waals surface area contributed by atoms with Gasteiger partial charge in [0.1, 0.15) is 11.3 Å². The molecule has 0 bridgehead atoms. The van der Waals surface area contributed by atoms with Crippen molar-refractivity contribution in [3.63, 3.8) is 0 Å². The summed E-state index contributed by atoms with van der Waals surface area (Å²) in [6, 6.07) is 8.70. The van der Waals surface area contributed by atoms with Gasteiger partial charge in [0.15, 0.2) is 0 Å². The summed E-state index contributed by atoms with van der Waals surface area (Å²) >= 11 is 1.66. The molecule has 0 fully saturated rings. The third-order valence-electron chi connectivity index (χ3n) is 3.67. The molecule has 4 rings (SSSR count). The van der Waals surface area contributed by atoms with E-state index >= 15 is 0 Å². The SMILES string of the molecule is c1cc(-c2nc(-c3ccc4c(c3)CCC4)cs2)co1. The van der Waals surface area contributed by atoms with Gasteiger partial charge in [-0.25, -0.2) is 4.98 Å². The minimum atomic E-state index is 1.02. The van der Waals surface area contributed by atoms with Crippen LogP contribution in [0.5, 0.6) is 0 Å². The molecule has 2 nitrogen and oxygen atoms in total. The van der Waals surface area contributed by atoms with Crippen LogP contribution in [-0.4, -0.2) is 4.98 Å². The van der Waals surface area contributed by atoms with E-state index in [0.717, 1.165) is 16.3 Å². The van der Waals surface area contributed by atoms with Gasteiger partial charge in [-0.2, -0.15) is 0 Å². The highest BCUT2D eigenvalue weighted by molar-refractivity contribution is 7.13. The van der Waals surface area contributed by atoms with E-state index in [9.17, 15) is 0 Å². The normalized spacial score (nSPS) is 13.7. The number of hydrogen-bond donors (Lipinski definition) is 0. The van der Waals surface area contributed by atoms with Crippen LogP contribution in [0.1, 0.15) is 17.5 Å². The molecule has 3 heteroatoms. The van der Waals surface area contributed by atoms with E-state index in [0.29, 0.717) is 0 Å². The van der Waals surface area contributed by atoms with Gasteiger partial charge in [-0.15, -0.1) is 11.3 Å². The molecule has 2 heterocycles. The first kappa shape index (κ1) is 11.0. The van der Waals surface area contributed by atoms with Crippen molar-refractivity contribution < 1.29 is 4.42 Å². The molecule has 0 N–H and O–H groups in total. The van der Waals surface area contributed by atoms with Crippen LogP contribution in [0.15, 0.2) is 46.6 Å². The number of aromatic nitrogens is 1. The molecule has 0 atom stereocenters. The van der Waals surface area contributed by atoms with Gasteiger partial charge in [-0.1, -0.05) is 12.1 Å². The standard InChI is InChI=1S/C16H13NOS/c1-2-11-4-5-13(8-12(11)3-1)15-10-19-16(17-15)14-6-7-18-9-14/h4-10H,1-3H2. The van der Waals surface area contributed by atoms with Crippen molar-refractivity contribution in [1.82, 2.24) is 4.98 Å². The highest BCUT2D eigenvalue weighted by Gasteiger charge is 2.13. The van der Waals surface area contributed by atoms with Crippen LogP contribution >= 0.6 is 11.3 Å². The van der Waals surface area contributed by atoms with E-state index in [1.165, 1.54) is 36.0 Å². The second-order valence-electron chi connectivity index (χ2n) is 4.89. The predicted molar refractivity (Wildman–Crippen MR) is 77.3 cm³/mol. The third-order valence-corrected chi connectivity index (χ3v) is 4.56. The largest absolute Gasteiger partial charge is 0.472 e. The van der Waals surface area contributed by atoms with E-state index in [4.69, 9.17) is 9.40 Å². The summed E-state index contributed by atoms with van der Waals surface area (Å²) in [5.41, 5.74) is 6.35. The molecule has 1 aliphatic rings. The number of benzene rings is 1. The van der Waals surface area contributed by atoms with Crippen molar-refractivity contribution in [2.24, 2.45) is 0 Å². The number of rotatable bonds is 2. The Morgan fingerprint density at radius 2 is 2.00 bits per heavy atom. The molecule has 1 aromatic carbocycles. The zero-order chi connectivity index (χ0) is 12.7. The van der Waals surface area contributed by atoms with E-state index < -0.39 is 0 Å². The first-order valence-corrected chi connectivity index (χ1v) is 7.38. The second kappa shape index (κ2) is 4.35. The first-order chi connectivity index (χ1) is 9.40. The lowest BCUT2D eigenvalue weighted by molar-refractivity contribution is 0.568. The molecular weight excluding hydrogens is 254 g/mol. The molecule has 0 amide bonds. The van der Waals surface area contributed by atoms with E-state index in [1.54, 1.807) is 23.9 Å². The zero-order valence-corrected chi connectivity index (χ0v) is 11.2. The number of furan rings is 1. The lowest BCUT2D eigenvalue weighted by Gasteiger charge is -2.02. The molecule has 2 aromatic heterocycles. The monoisotopic (exact) mass is 267 g/mol. The Balaban J connectivity index is 1.73. The zero-order valence-electron chi connectivity index (χ0n) is 10.4. The highest BCUT2D eigenvalue weighted by Crippen LogP contribution is 2.31. The van der Waals surface area contributed by atoms with Crippen molar-refractivity contribution in [1.29, 1.82) is 0 Å². The van der Waals surface area contributed by atoms with Gasteiger partial charge in [-0.3, -0.25) is 0 Å². The fraction of sp³-hybridized carbons (Fsp3) is 0.188. The van der Waals surface area contributed by atoms with Gasteiger partial charge < -0.3 is 4.42 Å². The average Bonchev–Trinajstić information content (AvgIpc) is 3.18. The lowest BCUT2D eigenvalue weighted by atomic mass is 10.1. The number of thiazole rings is 1. The van der Waals surface area contributed by atoms with E-state index in [-0.39, 0.29) is 0 Å². The third kappa shape index (κ3) is 1.90. The Hall–Kier alpha value is -1.87. The molecule has 0 aliphatic heterocycles. The summed E-state index contributed by atoms with van der Waals surface area (Å²) in [6.45, 7) is 0. The van der Waals surface area contributed by atoms with Crippen LogP contribution in [0.25, 0.3) is 21.8 Å². The first-order valence-electron chi connectivity index (χ1n) is 6.50. The Kier molecular flexibility index (Phi) is 2.52. The van der Waals surface area contributed by atoms with Gasteiger partial charge in [0.25, 0.3) is 0 Å². The van der Waals surface area contributed by atoms with Crippen molar-refractivity contribution in [3.8, 4) is 21.8 Å². The van der Waals surface area contributed by atoms with Crippen LogP contribution in [0, 0.1) is 0 Å². The van der Waals surface area contributed by atoms with E-state index in [1.807, 2.05) is 6.07 Å². The number of fused-ring (bicyclic) bond motifs is 1. The lowest BCUT2D eigenvalue weighted by Crippen LogP contribution is -1.84. The van der Waals surface area contributed by atoms with Gasteiger partial charge in [-0.05, 0) is 42.5 Å². The molecule has 94 valence electrons. The molecular formula is C16H13NOS. The fourth-order valence-electron chi connectivity index (χ4n) is 2.66. The Morgan fingerprint density at radius 3 is 2.89 bits per heavy atom. The van der Waals surface area contributed by atoms with Crippen LogP contribution in [0.3, 0.4) is 0 Å². The molecule has 3 aromatic rings. The number of nitrogens with zero attached hydrogens (tertiary/aromatic N) is 1. The maximum absolute atomic E-state index is 5.11. The predicted octanol–water partition coefficient (Wildman–Crippen LogP) is 4.56. The molecule has 0 saturated carbocycles. The molecule has 0 radical (unpaired) electrons. The Bertz CT molecular complexity index is 712.